The summed E-state index contributed by atoms with van der Waals surface area (Å²) in [4.78, 5) is 11.8. The lowest BCUT2D eigenvalue weighted by Crippen LogP contribution is -2.49. The van der Waals surface area contributed by atoms with E-state index >= 15 is 0 Å². The van der Waals surface area contributed by atoms with E-state index in [1.54, 1.807) is 6.07 Å². The van der Waals surface area contributed by atoms with Crippen LogP contribution in [0.2, 0.25) is 0 Å². The van der Waals surface area contributed by atoms with Gasteiger partial charge in [-0.3, -0.25) is 4.79 Å². The maximum Gasteiger partial charge on any atom is 0.250 e. The zero-order valence-electron chi connectivity index (χ0n) is 13.3. The maximum absolute atomic E-state index is 12.4. The molecule has 0 bridgehead atoms. The van der Waals surface area contributed by atoms with E-state index in [1.165, 1.54) is 18.3 Å². The molecule has 0 aliphatic carbocycles. The number of nitrogens with one attached hydrogen (secondary N) is 3. The molecule has 2 rings (SSSR count). The summed E-state index contributed by atoms with van der Waals surface area (Å²) in [7, 11) is -3.47. The zero-order chi connectivity index (χ0) is 16.2. The number of thiophene rings is 1. The smallest absolute Gasteiger partial charge is 0.250 e. The Hall–Kier alpha value is -0.670. The summed E-state index contributed by atoms with van der Waals surface area (Å²) in [5.41, 5.74) is 0. The number of hydrogen-bond acceptors (Lipinski definition) is 5. The SMILES string of the molecule is CC(=O)NCCc1ccc(S(=O)(=O)NC2CNCCC2C)s1.Cl. The molecule has 2 atom stereocenters. The Balaban J connectivity index is 0.00000264. The molecule has 1 aliphatic heterocycles. The van der Waals surface area contributed by atoms with Gasteiger partial charge in [0.25, 0.3) is 0 Å². The van der Waals surface area contributed by atoms with Crippen molar-refractivity contribution in [3.05, 3.63) is 17.0 Å². The predicted molar refractivity (Wildman–Crippen MR) is 94.7 cm³/mol. The summed E-state index contributed by atoms with van der Waals surface area (Å²) in [6, 6.07) is 3.38. The number of carbonyl (C=O) groups is 1. The van der Waals surface area contributed by atoms with E-state index < -0.39 is 10.0 Å². The number of hydrogen-bond donors (Lipinski definition) is 3. The highest BCUT2D eigenvalue weighted by atomic mass is 35.5. The lowest BCUT2D eigenvalue weighted by Gasteiger charge is -2.29. The number of carbonyl (C=O) groups excluding carboxylic acids is 1. The summed E-state index contributed by atoms with van der Waals surface area (Å²) < 4.78 is 28.0. The Labute approximate surface area is 147 Å². The van der Waals surface area contributed by atoms with Crippen molar-refractivity contribution in [2.75, 3.05) is 19.6 Å². The Morgan fingerprint density at radius 2 is 2.17 bits per heavy atom. The first-order valence-corrected chi connectivity index (χ1v) is 9.74. The molecule has 1 aromatic rings. The molecular formula is C14H24ClN3O3S2. The molecule has 23 heavy (non-hydrogen) atoms. The molecule has 0 radical (unpaired) electrons. The van der Waals surface area contributed by atoms with Gasteiger partial charge >= 0.3 is 0 Å². The second-order valence-corrected chi connectivity index (χ2v) is 8.76. The summed E-state index contributed by atoms with van der Waals surface area (Å²) in [5.74, 6) is 0.250. The van der Waals surface area contributed by atoms with Gasteiger partial charge in [-0.25, -0.2) is 13.1 Å². The highest BCUT2D eigenvalue weighted by Crippen LogP contribution is 2.23. The van der Waals surface area contributed by atoms with Crippen LogP contribution < -0.4 is 15.4 Å². The van der Waals surface area contributed by atoms with Gasteiger partial charge in [0.2, 0.25) is 15.9 Å². The predicted octanol–water partition coefficient (Wildman–Crippen LogP) is 1.12. The number of piperidine rings is 1. The molecule has 3 N–H and O–H groups in total. The van der Waals surface area contributed by atoms with Crippen LogP contribution in [0.15, 0.2) is 16.3 Å². The Morgan fingerprint density at radius 3 is 2.83 bits per heavy atom. The summed E-state index contributed by atoms with van der Waals surface area (Å²) in [6.45, 7) is 5.66. The second-order valence-electron chi connectivity index (χ2n) is 5.65. The molecule has 1 fully saturated rings. The number of halogens is 1. The van der Waals surface area contributed by atoms with Crippen LogP contribution in [0, 0.1) is 5.92 Å². The molecule has 2 unspecified atom stereocenters. The van der Waals surface area contributed by atoms with Gasteiger partial charge in [0.15, 0.2) is 0 Å². The van der Waals surface area contributed by atoms with Crippen molar-refractivity contribution in [2.45, 2.75) is 36.9 Å². The molecule has 0 saturated carbocycles. The van der Waals surface area contributed by atoms with Gasteiger partial charge in [0.05, 0.1) is 0 Å². The van der Waals surface area contributed by atoms with Gasteiger partial charge in [-0.2, -0.15) is 0 Å². The van der Waals surface area contributed by atoms with Gasteiger partial charge < -0.3 is 10.6 Å². The third-order valence-corrected chi connectivity index (χ3v) is 6.91. The van der Waals surface area contributed by atoms with E-state index in [2.05, 4.69) is 22.3 Å². The van der Waals surface area contributed by atoms with Gasteiger partial charge in [-0.05, 0) is 37.4 Å². The zero-order valence-corrected chi connectivity index (χ0v) is 15.7. The molecule has 132 valence electrons. The van der Waals surface area contributed by atoms with Crippen molar-refractivity contribution >= 4 is 39.7 Å². The van der Waals surface area contributed by atoms with Gasteiger partial charge in [-0.15, -0.1) is 23.7 Å². The van der Waals surface area contributed by atoms with Crippen LogP contribution in [-0.4, -0.2) is 40.0 Å². The second kappa shape index (κ2) is 8.98. The van der Waals surface area contributed by atoms with Crippen molar-refractivity contribution in [3.63, 3.8) is 0 Å². The van der Waals surface area contributed by atoms with Crippen molar-refractivity contribution in [3.8, 4) is 0 Å². The molecule has 1 aromatic heterocycles. The normalized spacial score (nSPS) is 21.5. The van der Waals surface area contributed by atoms with E-state index in [9.17, 15) is 13.2 Å². The third-order valence-electron chi connectivity index (χ3n) is 3.78. The fourth-order valence-electron chi connectivity index (χ4n) is 2.40. The van der Waals surface area contributed by atoms with E-state index in [0.29, 0.717) is 29.6 Å². The van der Waals surface area contributed by atoms with Gasteiger partial charge in [0, 0.05) is 30.9 Å². The summed E-state index contributed by atoms with van der Waals surface area (Å²) in [6.07, 6.45) is 1.61. The molecule has 2 heterocycles. The third kappa shape index (κ3) is 6.04. The first-order valence-electron chi connectivity index (χ1n) is 7.44. The minimum atomic E-state index is -3.47. The average Bonchev–Trinajstić information content (AvgIpc) is 2.90. The first-order chi connectivity index (χ1) is 10.4. The highest BCUT2D eigenvalue weighted by Gasteiger charge is 2.27. The Bertz CT molecular complexity index is 619. The fourth-order valence-corrected chi connectivity index (χ4v) is 5.12. The largest absolute Gasteiger partial charge is 0.356 e. The number of amides is 1. The van der Waals surface area contributed by atoms with Crippen molar-refractivity contribution < 1.29 is 13.2 Å². The first kappa shape index (κ1) is 20.4. The van der Waals surface area contributed by atoms with E-state index in [0.717, 1.165) is 17.8 Å². The molecule has 6 nitrogen and oxygen atoms in total. The molecule has 1 aliphatic rings. The van der Waals surface area contributed by atoms with Crippen LogP contribution >= 0.6 is 23.7 Å². The monoisotopic (exact) mass is 381 g/mol. The molecule has 9 heteroatoms. The van der Waals surface area contributed by atoms with Crippen LogP contribution in [-0.2, 0) is 21.2 Å². The molecule has 1 saturated heterocycles. The van der Waals surface area contributed by atoms with Crippen molar-refractivity contribution in [1.29, 1.82) is 0 Å². The van der Waals surface area contributed by atoms with Crippen LogP contribution in [0.4, 0.5) is 0 Å². The van der Waals surface area contributed by atoms with E-state index in [4.69, 9.17) is 0 Å². The number of rotatable bonds is 6. The lowest BCUT2D eigenvalue weighted by atomic mass is 9.96. The minimum absolute atomic E-state index is 0. The topological polar surface area (TPSA) is 87.3 Å². The molecule has 0 aromatic carbocycles. The lowest BCUT2D eigenvalue weighted by molar-refractivity contribution is -0.118. The highest BCUT2D eigenvalue weighted by molar-refractivity contribution is 7.91. The summed E-state index contributed by atoms with van der Waals surface area (Å²) in [5, 5.41) is 5.93. The minimum Gasteiger partial charge on any atom is -0.356 e. The quantitative estimate of drug-likeness (QED) is 0.689. The van der Waals surface area contributed by atoms with E-state index in [-0.39, 0.29) is 24.4 Å². The molecule has 0 spiro atoms. The van der Waals surface area contributed by atoms with Crippen LogP contribution in [0.5, 0.6) is 0 Å². The number of sulfonamides is 1. The van der Waals surface area contributed by atoms with Crippen LogP contribution in [0.3, 0.4) is 0 Å². The standard InChI is InChI=1S/C14H23N3O3S2.ClH/c1-10-5-7-15-9-13(10)17-22(19,20)14-4-3-12(21-14)6-8-16-11(2)18;/h3-4,10,13,15,17H,5-9H2,1-2H3,(H,16,18);1H. The van der Waals surface area contributed by atoms with Crippen LogP contribution in [0.25, 0.3) is 0 Å². The Morgan fingerprint density at radius 1 is 1.43 bits per heavy atom. The molecular weight excluding hydrogens is 358 g/mol. The fraction of sp³-hybridized carbons (Fsp3) is 0.643. The van der Waals surface area contributed by atoms with Crippen molar-refractivity contribution in [2.24, 2.45) is 5.92 Å². The maximum atomic E-state index is 12.4. The Kier molecular flexibility index (Phi) is 7.96. The summed E-state index contributed by atoms with van der Waals surface area (Å²) >= 11 is 1.26. The average molecular weight is 382 g/mol. The molecule has 1 amide bonds. The van der Waals surface area contributed by atoms with Crippen molar-refractivity contribution in [1.82, 2.24) is 15.4 Å². The van der Waals surface area contributed by atoms with E-state index in [1.807, 2.05) is 6.07 Å². The van der Waals surface area contributed by atoms with Crippen LogP contribution in [0.1, 0.15) is 25.1 Å². The van der Waals surface area contributed by atoms with Gasteiger partial charge in [0.1, 0.15) is 4.21 Å². The van der Waals surface area contributed by atoms with Gasteiger partial charge in [-0.1, -0.05) is 6.92 Å².